The maximum absolute atomic E-state index is 13.0. The molecule has 1 N–H and O–H groups in total. The second-order valence-corrected chi connectivity index (χ2v) is 7.28. The Morgan fingerprint density at radius 1 is 0.867 bits per heavy atom. The summed E-state index contributed by atoms with van der Waals surface area (Å²) in [5.41, 5.74) is 2.01. The average molecular weight is 405 g/mol. The number of hydrogen-bond donors (Lipinski definition) is 1. The molecule has 0 bridgehead atoms. The minimum atomic E-state index is -0.801. The fourth-order valence-electron chi connectivity index (χ4n) is 3.84. The molecule has 2 aromatic rings. The largest absolute Gasteiger partial charge is 0.454 e. The van der Waals surface area contributed by atoms with E-state index in [1.807, 2.05) is 24.3 Å². The number of anilines is 2. The lowest BCUT2D eigenvalue weighted by molar-refractivity contribution is -0.122. The second-order valence-electron chi connectivity index (χ2n) is 7.28. The SMILES string of the molecule is O=C1NC(=O)N(c2ccc3c(c2)OCO3)C(=O)/C1=C\c1ccc(N2CCCC2)cc1. The van der Waals surface area contributed by atoms with E-state index in [4.69, 9.17) is 9.47 Å². The summed E-state index contributed by atoms with van der Waals surface area (Å²) in [6.07, 6.45) is 3.87. The fourth-order valence-corrected chi connectivity index (χ4v) is 3.84. The molecule has 3 heterocycles. The average Bonchev–Trinajstić information content (AvgIpc) is 3.43. The summed E-state index contributed by atoms with van der Waals surface area (Å²) in [5.74, 6) is -0.432. The van der Waals surface area contributed by atoms with Crippen molar-refractivity contribution in [1.29, 1.82) is 0 Å². The van der Waals surface area contributed by atoms with Gasteiger partial charge in [-0.1, -0.05) is 12.1 Å². The lowest BCUT2D eigenvalue weighted by Gasteiger charge is -2.26. The molecule has 0 aromatic heterocycles. The van der Waals surface area contributed by atoms with Crippen molar-refractivity contribution in [3.05, 3.63) is 53.6 Å². The zero-order chi connectivity index (χ0) is 20.7. The Labute approximate surface area is 172 Å². The molecule has 2 fully saturated rings. The predicted octanol–water partition coefficient (Wildman–Crippen LogP) is 2.68. The van der Waals surface area contributed by atoms with E-state index < -0.39 is 17.8 Å². The van der Waals surface area contributed by atoms with Gasteiger partial charge in [0.15, 0.2) is 11.5 Å². The molecule has 0 atom stereocenters. The molecule has 0 aliphatic carbocycles. The van der Waals surface area contributed by atoms with Gasteiger partial charge in [0.2, 0.25) is 6.79 Å². The minimum absolute atomic E-state index is 0.0794. The number of imide groups is 2. The molecular formula is C22H19N3O5. The number of nitrogens with one attached hydrogen (secondary N) is 1. The third-order valence-electron chi connectivity index (χ3n) is 5.39. The summed E-state index contributed by atoms with van der Waals surface area (Å²) in [5, 5.41) is 2.23. The van der Waals surface area contributed by atoms with Crippen LogP contribution in [0.15, 0.2) is 48.0 Å². The Morgan fingerprint density at radius 3 is 2.33 bits per heavy atom. The summed E-state index contributed by atoms with van der Waals surface area (Å²) in [6.45, 7) is 2.15. The highest BCUT2D eigenvalue weighted by Crippen LogP contribution is 2.36. The molecular weight excluding hydrogens is 386 g/mol. The van der Waals surface area contributed by atoms with E-state index in [0.29, 0.717) is 22.7 Å². The van der Waals surface area contributed by atoms with E-state index in [-0.39, 0.29) is 12.4 Å². The number of nitrogens with zero attached hydrogens (tertiary/aromatic N) is 2. The smallest absolute Gasteiger partial charge is 0.335 e. The number of amides is 4. The number of hydrogen-bond acceptors (Lipinski definition) is 6. The summed E-state index contributed by atoms with van der Waals surface area (Å²) < 4.78 is 10.6. The summed E-state index contributed by atoms with van der Waals surface area (Å²) in [4.78, 5) is 41.0. The van der Waals surface area contributed by atoms with Gasteiger partial charge in [0.1, 0.15) is 5.57 Å². The number of barbiturate groups is 1. The molecule has 5 rings (SSSR count). The van der Waals surface area contributed by atoms with Gasteiger partial charge in [0.05, 0.1) is 5.69 Å². The quantitative estimate of drug-likeness (QED) is 0.624. The first-order chi connectivity index (χ1) is 14.6. The zero-order valence-corrected chi connectivity index (χ0v) is 16.1. The van der Waals surface area contributed by atoms with Gasteiger partial charge in [-0.15, -0.1) is 0 Å². The summed E-state index contributed by atoms with van der Waals surface area (Å²) in [7, 11) is 0. The fraction of sp³-hybridized carbons (Fsp3) is 0.227. The van der Waals surface area contributed by atoms with Crippen LogP contribution in [-0.4, -0.2) is 37.7 Å². The maximum Gasteiger partial charge on any atom is 0.335 e. The third-order valence-corrected chi connectivity index (χ3v) is 5.39. The van der Waals surface area contributed by atoms with Gasteiger partial charge in [0.25, 0.3) is 11.8 Å². The van der Waals surface area contributed by atoms with Gasteiger partial charge < -0.3 is 14.4 Å². The van der Waals surface area contributed by atoms with Gasteiger partial charge in [-0.2, -0.15) is 0 Å². The van der Waals surface area contributed by atoms with E-state index in [9.17, 15) is 14.4 Å². The number of carbonyl (C=O) groups excluding carboxylic acids is 3. The molecule has 2 aromatic carbocycles. The Morgan fingerprint density at radius 2 is 1.57 bits per heavy atom. The van der Waals surface area contributed by atoms with Crippen LogP contribution in [-0.2, 0) is 9.59 Å². The Kier molecular flexibility index (Phi) is 4.39. The van der Waals surface area contributed by atoms with Crippen molar-refractivity contribution in [3.8, 4) is 11.5 Å². The van der Waals surface area contributed by atoms with Crippen LogP contribution in [0.1, 0.15) is 18.4 Å². The molecule has 4 amide bonds. The Balaban J connectivity index is 1.43. The van der Waals surface area contributed by atoms with Crippen molar-refractivity contribution in [2.75, 3.05) is 29.7 Å². The van der Waals surface area contributed by atoms with Crippen molar-refractivity contribution >= 4 is 35.3 Å². The molecule has 3 aliphatic rings. The second kappa shape index (κ2) is 7.22. The first-order valence-corrected chi connectivity index (χ1v) is 9.76. The maximum atomic E-state index is 13.0. The van der Waals surface area contributed by atoms with Gasteiger partial charge >= 0.3 is 6.03 Å². The lowest BCUT2D eigenvalue weighted by atomic mass is 10.1. The number of benzene rings is 2. The van der Waals surface area contributed by atoms with E-state index in [1.165, 1.54) is 25.0 Å². The topological polar surface area (TPSA) is 88.2 Å². The van der Waals surface area contributed by atoms with Crippen LogP contribution < -0.4 is 24.6 Å². The van der Waals surface area contributed by atoms with Crippen LogP contribution in [0.5, 0.6) is 11.5 Å². The molecule has 0 unspecified atom stereocenters. The number of carbonyl (C=O) groups is 3. The van der Waals surface area contributed by atoms with Gasteiger partial charge in [-0.25, -0.2) is 9.69 Å². The highest BCUT2D eigenvalue weighted by molar-refractivity contribution is 6.39. The van der Waals surface area contributed by atoms with Crippen LogP contribution in [0.2, 0.25) is 0 Å². The van der Waals surface area contributed by atoms with Crippen molar-refractivity contribution in [2.24, 2.45) is 0 Å². The van der Waals surface area contributed by atoms with E-state index in [2.05, 4.69) is 10.2 Å². The zero-order valence-electron chi connectivity index (χ0n) is 16.1. The lowest BCUT2D eigenvalue weighted by Crippen LogP contribution is -2.54. The van der Waals surface area contributed by atoms with Gasteiger partial charge in [-0.05, 0) is 48.7 Å². The first kappa shape index (κ1) is 18.2. The van der Waals surface area contributed by atoms with Crippen LogP contribution in [0, 0.1) is 0 Å². The number of urea groups is 1. The number of fused-ring (bicyclic) bond motifs is 1. The third kappa shape index (κ3) is 3.16. The van der Waals surface area contributed by atoms with Crippen LogP contribution in [0.25, 0.3) is 6.08 Å². The number of ether oxygens (including phenoxy) is 2. The minimum Gasteiger partial charge on any atom is -0.454 e. The summed E-state index contributed by atoms with van der Waals surface area (Å²) in [6, 6.07) is 11.6. The molecule has 30 heavy (non-hydrogen) atoms. The molecule has 8 heteroatoms. The normalized spacial score (nSPS) is 19.6. The first-order valence-electron chi connectivity index (χ1n) is 9.76. The molecule has 0 saturated carbocycles. The molecule has 3 aliphatic heterocycles. The predicted molar refractivity (Wildman–Crippen MR) is 109 cm³/mol. The molecule has 2 saturated heterocycles. The van der Waals surface area contributed by atoms with Crippen molar-refractivity contribution in [2.45, 2.75) is 12.8 Å². The molecule has 0 radical (unpaired) electrons. The Hall–Kier alpha value is -3.81. The Bertz CT molecular complexity index is 1070. The monoisotopic (exact) mass is 405 g/mol. The molecule has 0 spiro atoms. The van der Waals surface area contributed by atoms with Gasteiger partial charge in [-0.3, -0.25) is 14.9 Å². The van der Waals surface area contributed by atoms with E-state index in [1.54, 1.807) is 12.1 Å². The van der Waals surface area contributed by atoms with E-state index >= 15 is 0 Å². The highest BCUT2D eigenvalue weighted by Gasteiger charge is 2.37. The van der Waals surface area contributed by atoms with Crippen molar-refractivity contribution in [1.82, 2.24) is 5.32 Å². The van der Waals surface area contributed by atoms with Crippen molar-refractivity contribution in [3.63, 3.8) is 0 Å². The number of rotatable bonds is 3. The highest BCUT2D eigenvalue weighted by atomic mass is 16.7. The van der Waals surface area contributed by atoms with Gasteiger partial charge in [0, 0.05) is 24.8 Å². The van der Waals surface area contributed by atoms with Crippen LogP contribution in [0.3, 0.4) is 0 Å². The van der Waals surface area contributed by atoms with E-state index in [0.717, 1.165) is 23.7 Å². The molecule has 8 nitrogen and oxygen atoms in total. The molecule has 152 valence electrons. The summed E-state index contributed by atoms with van der Waals surface area (Å²) >= 11 is 0. The van der Waals surface area contributed by atoms with Crippen LogP contribution >= 0.6 is 0 Å². The standard InChI is InChI=1S/C22H19N3O5/c26-20-17(11-14-3-5-15(6-4-14)24-9-1-2-10-24)21(27)25(22(28)23-20)16-7-8-18-19(12-16)30-13-29-18/h3-8,11-12H,1-2,9-10,13H2,(H,23,26,28)/b17-11-. The van der Waals surface area contributed by atoms with Crippen LogP contribution in [0.4, 0.5) is 16.2 Å². The van der Waals surface area contributed by atoms with Crippen molar-refractivity contribution < 1.29 is 23.9 Å².